The fourth-order valence-electron chi connectivity index (χ4n) is 4.65. The normalized spacial score (nSPS) is 13.0. The smallest absolute Gasteiger partial charge is 0.280 e. The highest BCUT2D eigenvalue weighted by molar-refractivity contribution is 6.31. The van der Waals surface area contributed by atoms with Crippen molar-refractivity contribution >= 4 is 35.1 Å². The summed E-state index contributed by atoms with van der Waals surface area (Å²) in [5, 5.41) is 22.6. The van der Waals surface area contributed by atoms with E-state index in [1.807, 2.05) is 0 Å². The van der Waals surface area contributed by atoms with E-state index in [2.05, 4.69) is 51.5 Å². The number of ether oxygens (including phenoxy) is 1. The average Bonchev–Trinajstić information content (AvgIpc) is 2.98. The number of carbonyl (C=O) groups is 1. The number of halogens is 1. The van der Waals surface area contributed by atoms with E-state index in [4.69, 9.17) is 33.5 Å². The number of carbonyl (C=O) groups excluding carboxylic acids is 1. The molecule has 0 saturated heterocycles. The van der Waals surface area contributed by atoms with Gasteiger partial charge in [0.25, 0.3) is 5.91 Å². The Morgan fingerprint density at radius 2 is 1.67 bits per heavy atom. The van der Waals surface area contributed by atoms with Gasteiger partial charge in [0.05, 0.1) is 13.2 Å². The van der Waals surface area contributed by atoms with Gasteiger partial charge in [-0.25, -0.2) is 9.97 Å². The number of phenols is 1. The molecule has 12 heteroatoms. The largest absolute Gasteiger partial charge is 0.504 e. The first kappa shape index (κ1) is 33.4. The molecule has 2 atom stereocenters. The molecule has 0 radical (unpaired) electrons. The zero-order valence-electron chi connectivity index (χ0n) is 24.7. The van der Waals surface area contributed by atoms with Gasteiger partial charge in [-0.05, 0) is 79.7 Å². The zero-order valence-corrected chi connectivity index (χ0v) is 25.5. The number of hydrogen-bond donors (Lipinski definition) is 6. The Kier molecular flexibility index (Phi) is 12.8. The Morgan fingerprint density at radius 3 is 2.35 bits per heavy atom. The minimum atomic E-state index is -0.659. The molecule has 0 saturated carbocycles. The van der Waals surface area contributed by atoms with Gasteiger partial charge in [-0.2, -0.15) is 0 Å². The standard InChI is InChI=1S/C31H42ClN7O4/c1-19(9-15-23(40)22-14-16-24(41)25(18-22)43-2)6-5-8-21-12-10-20(11-13-21)7-3-4-17-36-31(35)39-30(42)26-28(33)38-29(34)27(32)37-26/h10-14,16,18-19,23,40-41H,3-9,15,17H2,1-2H3,(H4,33,34,38)(H3,35,36,39,42). The van der Waals surface area contributed by atoms with Crippen molar-refractivity contribution in [2.45, 2.75) is 64.4 Å². The summed E-state index contributed by atoms with van der Waals surface area (Å²) in [6, 6.07) is 13.7. The van der Waals surface area contributed by atoms with Gasteiger partial charge in [0, 0.05) is 6.54 Å². The van der Waals surface area contributed by atoms with E-state index >= 15 is 0 Å². The van der Waals surface area contributed by atoms with Crippen molar-refractivity contribution in [3.8, 4) is 11.5 Å². The lowest BCUT2D eigenvalue weighted by Gasteiger charge is -2.16. The van der Waals surface area contributed by atoms with Crippen LogP contribution in [0.1, 0.15) is 78.7 Å². The van der Waals surface area contributed by atoms with Crippen LogP contribution in [0.25, 0.3) is 0 Å². The van der Waals surface area contributed by atoms with Crippen LogP contribution in [-0.4, -0.2) is 45.7 Å². The number of aliphatic imine (C=N–C) groups is 1. The molecule has 2 aromatic carbocycles. The number of nitrogens with zero attached hydrogens (tertiary/aromatic N) is 3. The predicted octanol–water partition coefficient (Wildman–Crippen LogP) is 4.55. The van der Waals surface area contributed by atoms with E-state index in [-0.39, 0.29) is 34.2 Å². The van der Waals surface area contributed by atoms with Gasteiger partial charge in [-0.1, -0.05) is 55.3 Å². The molecule has 0 bridgehead atoms. The maximum atomic E-state index is 12.3. The Hall–Kier alpha value is -4.09. The van der Waals surface area contributed by atoms with E-state index in [1.165, 1.54) is 18.2 Å². The lowest BCUT2D eigenvalue weighted by Crippen LogP contribution is -2.38. The number of benzene rings is 2. The number of anilines is 2. The van der Waals surface area contributed by atoms with E-state index < -0.39 is 12.0 Å². The lowest BCUT2D eigenvalue weighted by atomic mass is 9.93. The minimum absolute atomic E-state index is 0.0352. The number of hydrogen-bond acceptors (Lipinski definition) is 9. The van der Waals surface area contributed by atoms with E-state index in [0.29, 0.717) is 24.6 Å². The Labute approximate surface area is 257 Å². The number of aliphatic hydroxyl groups is 1. The molecule has 0 aliphatic heterocycles. The first-order chi connectivity index (χ1) is 20.6. The van der Waals surface area contributed by atoms with Crippen molar-refractivity contribution in [2.24, 2.45) is 16.6 Å². The predicted molar refractivity (Wildman–Crippen MR) is 170 cm³/mol. The quantitative estimate of drug-likeness (QED) is 0.0811. The number of guanidine groups is 1. The second-order valence-electron chi connectivity index (χ2n) is 10.7. The van der Waals surface area contributed by atoms with Crippen molar-refractivity contribution in [3.05, 3.63) is 70.0 Å². The summed E-state index contributed by atoms with van der Waals surface area (Å²) < 4.78 is 5.14. The monoisotopic (exact) mass is 611 g/mol. The number of methoxy groups -OCH3 is 1. The number of phenolic OH excluding ortho intramolecular Hbond substituents is 1. The van der Waals surface area contributed by atoms with Crippen LogP contribution in [0.15, 0.2) is 47.5 Å². The Balaban J connectivity index is 1.30. The van der Waals surface area contributed by atoms with Crippen molar-refractivity contribution in [1.29, 1.82) is 0 Å². The van der Waals surface area contributed by atoms with Crippen molar-refractivity contribution < 1.29 is 19.7 Å². The third-order valence-electron chi connectivity index (χ3n) is 7.22. The molecule has 3 aromatic rings. The molecule has 9 N–H and O–H groups in total. The van der Waals surface area contributed by atoms with E-state index in [9.17, 15) is 15.0 Å². The van der Waals surface area contributed by atoms with Crippen LogP contribution >= 0.6 is 11.6 Å². The van der Waals surface area contributed by atoms with Gasteiger partial charge in [-0.15, -0.1) is 0 Å². The number of nitrogens with two attached hydrogens (primary N) is 3. The maximum absolute atomic E-state index is 12.3. The number of nitrogen functional groups attached to an aromatic ring is 2. The summed E-state index contributed by atoms with van der Waals surface area (Å²) in [4.78, 5) is 24.1. The van der Waals surface area contributed by atoms with E-state index in [1.54, 1.807) is 18.2 Å². The Morgan fingerprint density at radius 1 is 1.00 bits per heavy atom. The molecule has 1 aromatic heterocycles. The van der Waals surface area contributed by atoms with Gasteiger partial charge >= 0.3 is 0 Å². The van der Waals surface area contributed by atoms with Crippen LogP contribution in [0.5, 0.6) is 11.5 Å². The summed E-state index contributed by atoms with van der Waals surface area (Å²) >= 11 is 5.81. The van der Waals surface area contributed by atoms with E-state index in [0.717, 1.165) is 50.5 Å². The number of amides is 1. The van der Waals surface area contributed by atoms with Crippen LogP contribution in [0, 0.1) is 5.92 Å². The highest BCUT2D eigenvalue weighted by atomic mass is 35.5. The number of aromatic hydroxyl groups is 1. The molecule has 0 aliphatic rings. The van der Waals surface area contributed by atoms with Gasteiger partial charge < -0.3 is 32.2 Å². The van der Waals surface area contributed by atoms with Crippen LogP contribution in [-0.2, 0) is 12.8 Å². The molecule has 3 rings (SSSR count). The van der Waals surface area contributed by atoms with Crippen LogP contribution < -0.4 is 27.3 Å². The van der Waals surface area contributed by atoms with Gasteiger partial charge in [0.2, 0.25) is 0 Å². The number of rotatable bonds is 15. The van der Waals surface area contributed by atoms with Crippen LogP contribution in [0.4, 0.5) is 11.6 Å². The number of aliphatic hydroxyl groups excluding tert-OH is 1. The first-order valence-electron chi connectivity index (χ1n) is 14.4. The number of aryl methyl sites for hydroxylation is 2. The Bertz CT molecular complexity index is 1390. The summed E-state index contributed by atoms with van der Waals surface area (Å²) in [5.41, 5.74) is 20.2. The van der Waals surface area contributed by atoms with Crippen LogP contribution in [0.2, 0.25) is 5.15 Å². The molecule has 232 valence electrons. The lowest BCUT2D eigenvalue weighted by molar-refractivity contribution is 0.0972. The first-order valence-corrected chi connectivity index (χ1v) is 14.8. The SMILES string of the molecule is COc1cc(C(O)CCC(C)CCCc2ccc(CCCCN=C(N)NC(=O)c3nc(Cl)c(N)nc3N)cc2)ccc1O. The second-order valence-corrected chi connectivity index (χ2v) is 11.0. The molecule has 2 unspecified atom stereocenters. The highest BCUT2D eigenvalue weighted by Crippen LogP contribution is 2.31. The molecule has 1 heterocycles. The minimum Gasteiger partial charge on any atom is -0.504 e. The fraction of sp³-hybridized carbons (Fsp3) is 0.419. The molecule has 1 amide bonds. The zero-order chi connectivity index (χ0) is 31.4. The number of unbranched alkanes of at least 4 members (excludes halogenated alkanes) is 1. The third-order valence-corrected chi connectivity index (χ3v) is 7.50. The summed E-state index contributed by atoms with van der Waals surface area (Å²) in [6.45, 7) is 2.69. The number of nitrogens with one attached hydrogen (secondary N) is 1. The topological polar surface area (TPSA) is 195 Å². The molecule has 0 fully saturated rings. The van der Waals surface area contributed by atoms with Gasteiger partial charge in [0.1, 0.15) is 0 Å². The molecular formula is C31H42ClN7O4. The summed E-state index contributed by atoms with van der Waals surface area (Å²) in [7, 11) is 1.50. The highest BCUT2D eigenvalue weighted by Gasteiger charge is 2.17. The average molecular weight is 612 g/mol. The number of aromatic nitrogens is 2. The maximum Gasteiger partial charge on any atom is 0.280 e. The fourth-order valence-corrected chi connectivity index (χ4v) is 4.77. The molecule has 43 heavy (non-hydrogen) atoms. The third kappa shape index (κ3) is 10.6. The van der Waals surface area contributed by atoms with Crippen molar-refractivity contribution in [1.82, 2.24) is 15.3 Å². The summed E-state index contributed by atoms with van der Waals surface area (Å²) in [5.74, 6) is 0.0470. The van der Waals surface area contributed by atoms with Crippen LogP contribution in [0.3, 0.4) is 0 Å². The molecular weight excluding hydrogens is 570 g/mol. The summed E-state index contributed by atoms with van der Waals surface area (Å²) in [6.07, 6.45) is 6.86. The van der Waals surface area contributed by atoms with Crippen molar-refractivity contribution in [3.63, 3.8) is 0 Å². The molecule has 11 nitrogen and oxygen atoms in total. The van der Waals surface area contributed by atoms with Crippen molar-refractivity contribution in [2.75, 3.05) is 25.1 Å². The van der Waals surface area contributed by atoms with Gasteiger partial charge in [-0.3, -0.25) is 15.1 Å². The molecule has 0 aliphatic carbocycles. The molecule has 0 spiro atoms. The second kappa shape index (κ2) is 16.5. The van der Waals surface area contributed by atoms with Gasteiger partial charge in [0.15, 0.2) is 39.9 Å².